The molecule has 2 aliphatic carbocycles. The number of nitrogens with zero attached hydrogens (tertiary/aromatic N) is 1. The van der Waals surface area contributed by atoms with Crippen molar-refractivity contribution in [3.8, 4) is 33.4 Å². The zero-order chi connectivity index (χ0) is 43.3. The van der Waals surface area contributed by atoms with E-state index in [9.17, 15) is 0 Å². The molecule has 0 saturated heterocycles. The zero-order valence-electron chi connectivity index (χ0n) is 36.5. The van der Waals surface area contributed by atoms with Crippen LogP contribution in [-0.2, 0) is 10.8 Å². The standard InChI is InChI=1S/C64H45N/c1-63(2)58-32-18-16-31-52(58)57-38-45(35-37-59(57)63)65(62-41-56-50-29-15-13-27-48(50)47-26-12-14-28-49(47)55(56)40-54(62)42-20-6-3-7-21-42)46-34-36-53-51-30-17-19-33-60(51)64(61(53)39-46,43-22-8-4-9-23-43)44-24-10-5-11-25-44/h3-41H,1-2H3. The smallest absolute Gasteiger partial charge is 0.0714 e. The van der Waals surface area contributed by atoms with Gasteiger partial charge in [0.25, 0.3) is 0 Å². The number of anilines is 3. The molecule has 306 valence electrons. The maximum Gasteiger partial charge on any atom is 0.0714 e. The van der Waals surface area contributed by atoms with Gasteiger partial charge in [0.2, 0.25) is 0 Å². The Morgan fingerprint density at radius 1 is 0.292 bits per heavy atom. The average Bonchev–Trinajstić information content (AvgIpc) is 3.79. The second kappa shape index (κ2) is 14.3. The molecule has 0 amide bonds. The summed E-state index contributed by atoms with van der Waals surface area (Å²) in [5.41, 5.74) is 18.1. The molecule has 13 rings (SSSR count). The highest BCUT2D eigenvalue weighted by atomic mass is 15.1. The van der Waals surface area contributed by atoms with Gasteiger partial charge in [-0.25, -0.2) is 0 Å². The summed E-state index contributed by atoms with van der Waals surface area (Å²) < 4.78 is 0. The summed E-state index contributed by atoms with van der Waals surface area (Å²) in [6.07, 6.45) is 0. The lowest BCUT2D eigenvalue weighted by Crippen LogP contribution is -2.28. The van der Waals surface area contributed by atoms with Crippen LogP contribution in [0.1, 0.15) is 47.2 Å². The van der Waals surface area contributed by atoms with E-state index < -0.39 is 5.41 Å². The van der Waals surface area contributed by atoms with E-state index in [0.29, 0.717) is 0 Å². The minimum atomic E-state index is -0.544. The molecule has 1 heteroatoms. The van der Waals surface area contributed by atoms with Crippen molar-refractivity contribution in [2.24, 2.45) is 0 Å². The third-order valence-corrected chi connectivity index (χ3v) is 14.7. The summed E-state index contributed by atoms with van der Waals surface area (Å²) in [4.78, 5) is 2.56. The van der Waals surface area contributed by atoms with Crippen molar-refractivity contribution < 1.29 is 0 Å². The predicted molar refractivity (Wildman–Crippen MR) is 274 cm³/mol. The van der Waals surface area contributed by atoms with Crippen molar-refractivity contribution in [2.45, 2.75) is 24.7 Å². The molecule has 65 heavy (non-hydrogen) atoms. The molecule has 0 bridgehead atoms. The maximum atomic E-state index is 2.56. The second-order valence-corrected chi connectivity index (χ2v) is 18.4. The van der Waals surface area contributed by atoms with Crippen molar-refractivity contribution >= 4 is 49.4 Å². The third-order valence-electron chi connectivity index (χ3n) is 14.7. The van der Waals surface area contributed by atoms with Crippen LogP contribution in [0.4, 0.5) is 17.1 Å². The largest absolute Gasteiger partial charge is 0.310 e. The van der Waals surface area contributed by atoms with Gasteiger partial charge >= 0.3 is 0 Å². The predicted octanol–water partition coefficient (Wildman–Crippen LogP) is 17.0. The molecule has 0 unspecified atom stereocenters. The fourth-order valence-electron chi connectivity index (χ4n) is 11.8. The Morgan fingerprint density at radius 2 is 0.738 bits per heavy atom. The molecule has 0 heterocycles. The fraction of sp³-hybridized carbons (Fsp3) is 0.0625. The normalized spacial score (nSPS) is 13.9. The van der Waals surface area contributed by atoms with Gasteiger partial charge in [0.05, 0.1) is 11.1 Å². The fourth-order valence-corrected chi connectivity index (χ4v) is 11.8. The van der Waals surface area contributed by atoms with Crippen molar-refractivity contribution in [1.29, 1.82) is 0 Å². The maximum absolute atomic E-state index is 2.56. The van der Waals surface area contributed by atoms with E-state index in [1.807, 2.05) is 0 Å². The monoisotopic (exact) mass is 827 g/mol. The van der Waals surface area contributed by atoms with Crippen LogP contribution in [0.3, 0.4) is 0 Å². The van der Waals surface area contributed by atoms with Gasteiger partial charge in [-0.1, -0.05) is 214 Å². The lowest BCUT2D eigenvalue weighted by Gasteiger charge is -2.35. The van der Waals surface area contributed by atoms with Crippen molar-refractivity contribution in [1.82, 2.24) is 0 Å². The summed E-state index contributed by atoms with van der Waals surface area (Å²) >= 11 is 0. The van der Waals surface area contributed by atoms with Gasteiger partial charge < -0.3 is 4.90 Å². The zero-order valence-corrected chi connectivity index (χ0v) is 36.5. The van der Waals surface area contributed by atoms with Gasteiger partial charge in [-0.2, -0.15) is 0 Å². The molecular weight excluding hydrogens is 783 g/mol. The molecule has 0 atom stereocenters. The number of hydrogen-bond acceptors (Lipinski definition) is 1. The number of rotatable bonds is 6. The molecule has 0 N–H and O–H groups in total. The minimum Gasteiger partial charge on any atom is -0.310 e. The lowest BCUT2D eigenvalue weighted by molar-refractivity contribution is 0.660. The topological polar surface area (TPSA) is 3.24 Å². The Balaban J connectivity index is 1.16. The van der Waals surface area contributed by atoms with Crippen molar-refractivity contribution in [3.63, 3.8) is 0 Å². The first-order chi connectivity index (χ1) is 32.0. The molecule has 0 aliphatic heterocycles. The molecule has 2 aliphatic rings. The van der Waals surface area contributed by atoms with E-state index in [1.165, 1.54) is 99.1 Å². The summed E-state index contributed by atoms with van der Waals surface area (Å²) in [5.74, 6) is 0. The summed E-state index contributed by atoms with van der Waals surface area (Å²) in [7, 11) is 0. The first-order valence-electron chi connectivity index (χ1n) is 22.8. The SMILES string of the molecule is CC1(C)c2ccccc2-c2cc(N(c3ccc4c(c3)C(c3ccccc3)(c3ccccc3)c3ccccc3-4)c3cc4c5ccccc5c5ccccc5c4cc3-c3ccccc3)ccc21. The Labute approximate surface area is 380 Å². The Morgan fingerprint density at radius 3 is 1.37 bits per heavy atom. The summed E-state index contributed by atoms with van der Waals surface area (Å²) in [6.45, 7) is 4.73. The molecule has 0 radical (unpaired) electrons. The third kappa shape index (κ3) is 5.39. The van der Waals surface area contributed by atoms with E-state index in [0.717, 1.165) is 17.1 Å². The molecular formula is C64H45N. The van der Waals surface area contributed by atoms with Crippen LogP contribution >= 0.6 is 0 Å². The van der Waals surface area contributed by atoms with Gasteiger partial charge in [0.15, 0.2) is 0 Å². The minimum absolute atomic E-state index is 0.113. The lowest BCUT2D eigenvalue weighted by atomic mass is 9.67. The molecule has 0 spiro atoms. The van der Waals surface area contributed by atoms with Crippen molar-refractivity contribution in [3.05, 3.63) is 270 Å². The van der Waals surface area contributed by atoms with Crippen LogP contribution < -0.4 is 4.90 Å². The van der Waals surface area contributed by atoms with E-state index >= 15 is 0 Å². The average molecular weight is 828 g/mol. The highest BCUT2D eigenvalue weighted by molar-refractivity contribution is 6.26. The van der Waals surface area contributed by atoms with Crippen molar-refractivity contribution in [2.75, 3.05) is 4.90 Å². The van der Waals surface area contributed by atoms with Gasteiger partial charge in [-0.15, -0.1) is 0 Å². The van der Waals surface area contributed by atoms with Crippen LogP contribution in [0, 0.1) is 0 Å². The van der Waals surface area contributed by atoms with Gasteiger partial charge in [0, 0.05) is 22.4 Å². The van der Waals surface area contributed by atoms with Gasteiger partial charge in [-0.05, 0) is 130 Å². The molecule has 0 saturated carbocycles. The Bertz CT molecular complexity index is 3640. The molecule has 1 nitrogen and oxygen atoms in total. The van der Waals surface area contributed by atoms with E-state index in [2.05, 4.69) is 255 Å². The number of hydrogen-bond donors (Lipinski definition) is 0. The molecule has 11 aromatic rings. The first-order valence-corrected chi connectivity index (χ1v) is 22.8. The van der Waals surface area contributed by atoms with Crippen LogP contribution in [0.2, 0.25) is 0 Å². The second-order valence-electron chi connectivity index (χ2n) is 18.4. The van der Waals surface area contributed by atoms with Crippen LogP contribution in [-0.4, -0.2) is 0 Å². The number of fused-ring (bicyclic) bond motifs is 12. The summed E-state index contributed by atoms with van der Waals surface area (Å²) in [6, 6.07) is 88.6. The number of benzene rings is 11. The quantitative estimate of drug-likeness (QED) is 0.151. The molecule has 11 aromatic carbocycles. The van der Waals surface area contributed by atoms with Gasteiger partial charge in [0.1, 0.15) is 0 Å². The van der Waals surface area contributed by atoms with E-state index in [-0.39, 0.29) is 5.41 Å². The Hall–Kier alpha value is -8.00. The first kappa shape index (κ1) is 37.5. The summed E-state index contributed by atoms with van der Waals surface area (Å²) in [5, 5.41) is 7.55. The Kier molecular flexibility index (Phi) is 8.24. The highest BCUT2D eigenvalue weighted by Crippen LogP contribution is 2.58. The van der Waals surface area contributed by atoms with Crippen LogP contribution in [0.25, 0.3) is 65.7 Å². The molecule has 0 aromatic heterocycles. The van der Waals surface area contributed by atoms with E-state index in [1.54, 1.807) is 0 Å². The highest BCUT2D eigenvalue weighted by Gasteiger charge is 2.46. The van der Waals surface area contributed by atoms with Gasteiger partial charge in [-0.3, -0.25) is 0 Å². The van der Waals surface area contributed by atoms with Crippen LogP contribution in [0.5, 0.6) is 0 Å². The van der Waals surface area contributed by atoms with E-state index in [4.69, 9.17) is 0 Å². The van der Waals surface area contributed by atoms with Crippen LogP contribution in [0.15, 0.2) is 237 Å². The molecule has 0 fully saturated rings.